The molecule has 0 fully saturated rings. The molecule has 0 N–H and O–H groups in total. The Bertz CT molecular complexity index is 2100. The molecule has 0 aliphatic heterocycles. The molecular weight excluding hydrogens is 546 g/mol. The smallest absolute Gasteiger partial charge is 0.200 e. The van der Waals surface area contributed by atoms with E-state index < -0.39 is 41.3 Å². The summed E-state index contributed by atoms with van der Waals surface area (Å²) in [5, 5.41) is 6.15. The highest BCUT2D eigenvalue weighted by Crippen LogP contribution is 2.49. The van der Waals surface area contributed by atoms with Gasteiger partial charge in [0.05, 0.1) is 5.30 Å². The standard InChI is InChI=1S/C35H20F5P/c1-41(35-33(39)31(37)30(36)32(38)34(35)40,28-18-20-10-2-4-12-22(20)24-14-6-8-16-26(24)28)29-19-21-11-3-5-13-23(21)25-15-7-9-17-27(25)29/h2-19H,1H2. The average Bonchev–Trinajstić information content (AvgIpc) is 3.02. The Labute approximate surface area is 232 Å². The van der Waals surface area contributed by atoms with Crippen molar-refractivity contribution in [1.82, 2.24) is 0 Å². The molecule has 0 bridgehead atoms. The van der Waals surface area contributed by atoms with Crippen molar-refractivity contribution in [3.05, 3.63) is 138 Å². The van der Waals surface area contributed by atoms with Crippen molar-refractivity contribution in [2.24, 2.45) is 0 Å². The first kappa shape index (κ1) is 25.5. The van der Waals surface area contributed by atoms with Crippen molar-refractivity contribution in [1.29, 1.82) is 0 Å². The van der Waals surface area contributed by atoms with E-state index in [1.54, 1.807) is 24.3 Å². The molecule has 0 aliphatic rings. The number of halogens is 5. The summed E-state index contributed by atoms with van der Waals surface area (Å²) in [4.78, 5) is 0. The van der Waals surface area contributed by atoms with Crippen LogP contribution in [0.2, 0.25) is 0 Å². The molecule has 0 nitrogen and oxygen atoms in total. The maximum atomic E-state index is 16.0. The Morgan fingerprint density at radius 2 is 0.707 bits per heavy atom. The molecule has 0 atom stereocenters. The van der Waals surface area contributed by atoms with E-state index in [-0.39, 0.29) is 0 Å². The number of hydrogen-bond acceptors (Lipinski definition) is 0. The molecule has 41 heavy (non-hydrogen) atoms. The molecule has 200 valence electrons. The van der Waals surface area contributed by atoms with E-state index in [2.05, 4.69) is 6.30 Å². The van der Waals surface area contributed by atoms with E-state index in [0.29, 0.717) is 21.4 Å². The van der Waals surface area contributed by atoms with E-state index in [1.807, 2.05) is 84.9 Å². The lowest BCUT2D eigenvalue weighted by Crippen LogP contribution is -2.33. The van der Waals surface area contributed by atoms with Crippen LogP contribution in [0.15, 0.2) is 109 Å². The Morgan fingerprint density at radius 1 is 0.390 bits per heavy atom. The van der Waals surface area contributed by atoms with Gasteiger partial charge in [-0.05, 0) is 72.7 Å². The minimum absolute atomic E-state index is 0.426. The summed E-state index contributed by atoms with van der Waals surface area (Å²) in [6.45, 7) is -3.82. The van der Waals surface area contributed by atoms with E-state index in [4.69, 9.17) is 0 Å². The summed E-state index contributed by atoms with van der Waals surface area (Å²) in [5.74, 6) is -9.88. The van der Waals surface area contributed by atoms with Gasteiger partial charge in [0.25, 0.3) is 0 Å². The zero-order chi connectivity index (χ0) is 28.5. The second-order valence-corrected chi connectivity index (χ2v) is 13.1. The fourth-order valence-corrected chi connectivity index (χ4v) is 9.54. The minimum atomic E-state index is -3.82. The average molecular weight is 567 g/mol. The molecule has 0 amide bonds. The van der Waals surface area contributed by atoms with Crippen LogP contribution in [0.1, 0.15) is 0 Å². The van der Waals surface area contributed by atoms with Gasteiger partial charge in [0.2, 0.25) is 5.82 Å². The fraction of sp³-hybridized carbons (Fsp3) is 0. The number of hydrogen-bond donors (Lipinski definition) is 0. The predicted molar refractivity (Wildman–Crippen MR) is 162 cm³/mol. The van der Waals surface area contributed by atoms with E-state index in [0.717, 1.165) is 32.3 Å². The van der Waals surface area contributed by atoms with E-state index >= 15 is 8.78 Å². The Hall–Kier alpha value is -4.47. The van der Waals surface area contributed by atoms with E-state index in [1.165, 1.54) is 0 Å². The van der Waals surface area contributed by atoms with Crippen molar-refractivity contribution in [2.45, 2.75) is 0 Å². The monoisotopic (exact) mass is 566 g/mol. The van der Waals surface area contributed by atoms with Crippen molar-refractivity contribution in [3.8, 4) is 0 Å². The third kappa shape index (κ3) is 3.59. The van der Waals surface area contributed by atoms with Crippen LogP contribution in [0.4, 0.5) is 22.0 Å². The van der Waals surface area contributed by atoms with Crippen LogP contribution in [0.5, 0.6) is 0 Å². The molecule has 7 aromatic carbocycles. The lowest BCUT2D eigenvalue weighted by atomic mass is 10.0. The van der Waals surface area contributed by atoms with Gasteiger partial charge in [-0.2, -0.15) is 0 Å². The molecule has 0 radical (unpaired) electrons. The topological polar surface area (TPSA) is 0 Å². The minimum Gasteiger partial charge on any atom is -0.203 e. The van der Waals surface area contributed by atoms with Crippen LogP contribution < -0.4 is 15.9 Å². The Morgan fingerprint density at radius 3 is 1.12 bits per heavy atom. The van der Waals surface area contributed by atoms with Crippen molar-refractivity contribution in [2.75, 3.05) is 0 Å². The van der Waals surface area contributed by atoms with Crippen molar-refractivity contribution < 1.29 is 22.0 Å². The van der Waals surface area contributed by atoms with Gasteiger partial charge in [-0.3, -0.25) is 0 Å². The first-order valence-corrected chi connectivity index (χ1v) is 14.9. The molecular formula is C35H20F5P. The molecule has 0 saturated carbocycles. The lowest BCUT2D eigenvalue weighted by Gasteiger charge is -2.31. The third-order valence-corrected chi connectivity index (χ3v) is 11.4. The molecule has 7 rings (SSSR count). The Kier molecular flexibility index (Phi) is 5.78. The number of fused-ring (bicyclic) bond motifs is 6. The maximum Gasteiger partial charge on any atom is 0.200 e. The maximum absolute atomic E-state index is 16.0. The molecule has 0 spiro atoms. The predicted octanol–water partition coefficient (Wildman–Crippen LogP) is 8.72. The lowest BCUT2D eigenvalue weighted by molar-refractivity contribution is 0.384. The summed E-state index contributed by atoms with van der Waals surface area (Å²) in [6.07, 6.45) is 4.50. The van der Waals surface area contributed by atoms with Gasteiger partial charge in [-0.25, -0.2) is 22.0 Å². The first-order valence-electron chi connectivity index (χ1n) is 12.9. The fourth-order valence-electron chi connectivity index (χ4n) is 6.00. The van der Waals surface area contributed by atoms with Crippen LogP contribution in [-0.4, -0.2) is 6.30 Å². The van der Waals surface area contributed by atoms with Crippen LogP contribution in [0.3, 0.4) is 0 Å². The van der Waals surface area contributed by atoms with Crippen LogP contribution in [-0.2, 0) is 0 Å². The summed E-state index contributed by atoms with van der Waals surface area (Å²) in [5.41, 5.74) is 0. The second-order valence-electron chi connectivity index (χ2n) is 10.1. The molecule has 0 saturated heterocycles. The highest BCUT2D eigenvalue weighted by molar-refractivity contribution is 7.94. The quantitative estimate of drug-likeness (QED) is 0.0660. The first-order chi connectivity index (χ1) is 19.8. The van der Waals surface area contributed by atoms with Crippen LogP contribution in [0.25, 0.3) is 43.1 Å². The second kappa shape index (κ2) is 9.29. The van der Waals surface area contributed by atoms with Crippen LogP contribution in [0, 0.1) is 29.1 Å². The van der Waals surface area contributed by atoms with Crippen molar-refractivity contribution in [3.63, 3.8) is 0 Å². The van der Waals surface area contributed by atoms with E-state index in [9.17, 15) is 13.2 Å². The highest BCUT2D eigenvalue weighted by atomic mass is 31.2. The van der Waals surface area contributed by atoms with Gasteiger partial charge < -0.3 is 0 Å². The van der Waals surface area contributed by atoms with Gasteiger partial charge in [0.1, 0.15) is 0 Å². The van der Waals surface area contributed by atoms with Gasteiger partial charge in [0, 0.05) is 0 Å². The highest BCUT2D eigenvalue weighted by Gasteiger charge is 2.37. The summed E-state index contributed by atoms with van der Waals surface area (Å²) in [7, 11) is 0. The zero-order valence-electron chi connectivity index (χ0n) is 21.4. The molecule has 0 heterocycles. The number of rotatable bonds is 3. The van der Waals surface area contributed by atoms with Gasteiger partial charge in [-0.1, -0.05) is 103 Å². The van der Waals surface area contributed by atoms with Gasteiger partial charge in [0.15, 0.2) is 23.3 Å². The number of benzene rings is 7. The third-order valence-electron chi connectivity index (χ3n) is 7.88. The molecule has 0 unspecified atom stereocenters. The largest absolute Gasteiger partial charge is 0.203 e. The molecule has 7 aromatic rings. The molecule has 6 heteroatoms. The van der Waals surface area contributed by atoms with Crippen LogP contribution >= 0.6 is 6.89 Å². The summed E-state index contributed by atoms with van der Waals surface area (Å²) >= 11 is 0. The molecule has 0 aliphatic carbocycles. The van der Waals surface area contributed by atoms with Gasteiger partial charge in [-0.15, -0.1) is 0 Å². The van der Waals surface area contributed by atoms with Gasteiger partial charge >= 0.3 is 0 Å². The van der Waals surface area contributed by atoms with Crippen molar-refractivity contribution >= 4 is 72.2 Å². The Balaban J connectivity index is 1.77. The zero-order valence-corrected chi connectivity index (χ0v) is 22.3. The SMILES string of the molecule is C=P(c1c(F)c(F)c(F)c(F)c1F)(c1cc2ccccc2c2ccccc12)c1cc2ccccc2c2ccccc12. The summed E-state index contributed by atoms with van der Waals surface area (Å²) in [6, 6.07) is 33.4. The molecule has 0 aromatic heterocycles. The normalized spacial score (nSPS) is 12.1. The summed E-state index contributed by atoms with van der Waals surface area (Å²) < 4.78 is 76.2.